The van der Waals surface area contributed by atoms with Crippen LogP contribution in [-0.4, -0.2) is 29.3 Å². The number of aromatic nitrogens is 1. The number of ketones is 1. The highest BCUT2D eigenvalue weighted by Gasteiger charge is 2.14. The molecule has 0 radical (unpaired) electrons. The molecule has 0 unspecified atom stereocenters. The summed E-state index contributed by atoms with van der Waals surface area (Å²) in [5, 5.41) is 7.42. The number of Topliss-reactive ketones (excluding diaryl/α,β-unsaturated/α-hetero) is 1. The summed E-state index contributed by atoms with van der Waals surface area (Å²) in [4.78, 5) is 42.1. The van der Waals surface area contributed by atoms with Gasteiger partial charge in [0.05, 0.1) is 17.0 Å². The fraction of sp³-hybridized carbons (Fsp3) is 0.0833. The minimum atomic E-state index is -0.506. The lowest BCUT2D eigenvalue weighted by Gasteiger charge is -2.07. The first kappa shape index (κ1) is 21.6. The van der Waals surface area contributed by atoms with E-state index in [1.807, 2.05) is 29.0 Å². The first-order chi connectivity index (χ1) is 15.6. The molecule has 4 rings (SSSR count). The average Bonchev–Trinajstić information content (AvgIpc) is 3.51. The lowest BCUT2D eigenvalue weighted by Crippen LogP contribution is -2.16. The second-order valence-electron chi connectivity index (χ2n) is 6.78. The van der Waals surface area contributed by atoms with Gasteiger partial charge in [-0.3, -0.25) is 14.4 Å². The van der Waals surface area contributed by atoms with Crippen LogP contribution in [0.3, 0.4) is 0 Å². The van der Waals surface area contributed by atoms with E-state index in [4.69, 9.17) is 4.74 Å². The molecule has 0 aliphatic heterocycles. The summed E-state index contributed by atoms with van der Waals surface area (Å²) in [6.45, 7) is -0.351. The lowest BCUT2D eigenvalue weighted by atomic mass is 10.1. The third-order valence-corrected chi connectivity index (χ3v) is 6.40. The lowest BCUT2D eigenvalue weighted by molar-refractivity contribution is -0.141. The van der Waals surface area contributed by atoms with Crippen molar-refractivity contribution >= 4 is 46.0 Å². The largest absolute Gasteiger partial charge is 0.457 e. The standard InChI is InChI=1S/C24H18N2O4S2/c27-20(14-30-22(28)13-19-15-32-24(26-19)21-7-4-12-31-21)16-8-10-18(11-9-16)25-23(29)17-5-2-1-3-6-17/h1-12,15H,13-14H2,(H,25,29). The van der Waals surface area contributed by atoms with E-state index >= 15 is 0 Å². The van der Waals surface area contributed by atoms with Gasteiger partial charge in [0.15, 0.2) is 12.4 Å². The molecule has 0 aliphatic carbocycles. The summed E-state index contributed by atoms with van der Waals surface area (Å²) in [5.41, 5.74) is 2.12. The zero-order chi connectivity index (χ0) is 22.3. The number of amides is 1. The fourth-order valence-electron chi connectivity index (χ4n) is 2.86. The molecule has 0 saturated heterocycles. The number of rotatable bonds is 8. The van der Waals surface area contributed by atoms with Gasteiger partial charge in [-0.15, -0.1) is 22.7 Å². The quantitative estimate of drug-likeness (QED) is 0.291. The van der Waals surface area contributed by atoms with Crippen molar-refractivity contribution in [3.63, 3.8) is 0 Å². The summed E-state index contributed by atoms with van der Waals surface area (Å²) in [6, 6.07) is 19.2. The number of carbonyl (C=O) groups excluding carboxylic acids is 3. The third-order valence-electron chi connectivity index (χ3n) is 4.47. The van der Waals surface area contributed by atoms with Gasteiger partial charge in [-0.05, 0) is 47.8 Å². The molecular formula is C24H18N2O4S2. The van der Waals surface area contributed by atoms with E-state index in [9.17, 15) is 14.4 Å². The van der Waals surface area contributed by atoms with E-state index in [2.05, 4.69) is 10.3 Å². The molecule has 6 nitrogen and oxygen atoms in total. The second kappa shape index (κ2) is 10.1. The molecule has 2 heterocycles. The first-order valence-corrected chi connectivity index (χ1v) is 11.5. The van der Waals surface area contributed by atoms with Crippen LogP contribution in [0, 0.1) is 0 Å². The van der Waals surface area contributed by atoms with Crippen LogP contribution in [0.15, 0.2) is 77.5 Å². The molecule has 1 N–H and O–H groups in total. The Bertz CT molecular complexity index is 1220. The smallest absolute Gasteiger partial charge is 0.312 e. The average molecular weight is 463 g/mol. The number of hydrogen-bond acceptors (Lipinski definition) is 7. The van der Waals surface area contributed by atoms with Gasteiger partial charge in [-0.25, -0.2) is 4.98 Å². The van der Waals surface area contributed by atoms with Crippen LogP contribution in [0.5, 0.6) is 0 Å². The number of carbonyl (C=O) groups is 3. The van der Waals surface area contributed by atoms with Gasteiger partial charge in [0.1, 0.15) is 5.01 Å². The Kier molecular flexibility index (Phi) is 6.84. The van der Waals surface area contributed by atoms with E-state index < -0.39 is 5.97 Å². The van der Waals surface area contributed by atoms with E-state index in [-0.39, 0.29) is 24.7 Å². The van der Waals surface area contributed by atoms with E-state index in [1.165, 1.54) is 11.3 Å². The van der Waals surface area contributed by atoms with Gasteiger partial charge < -0.3 is 10.1 Å². The number of thiophene rings is 1. The normalized spacial score (nSPS) is 10.5. The minimum Gasteiger partial charge on any atom is -0.457 e. The molecule has 0 atom stereocenters. The number of nitrogens with one attached hydrogen (secondary N) is 1. The van der Waals surface area contributed by atoms with Gasteiger partial charge >= 0.3 is 5.97 Å². The second-order valence-corrected chi connectivity index (χ2v) is 8.59. The van der Waals surface area contributed by atoms with Crippen LogP contribution in [0.1, 0.15) is 26.4 Å². The Balaban J connectivity index is 1.26. The number of hydrogen-bond donors (Lipinski definition) is 1. The molecular weight excluding hydrogens is 444 g/mol. The van der Waals surface area contributed by atoms with Crippen LogP contribution in [0.4, 0.5) is 5.69 Å². The zero-order valence-electron chi connectivity index (χ0n) is 16.8. The first-order valence-electron chi connectivity index (χ1n) is 9.72. The van der Waals surface area contributed by atoms with Crippen LogP contribution < -0.4 is 5.32 Å². The molecule has 0 saturated carbocycles. The summed E-state index contributed by atoms with van der Waals surface area (Å²) >= 11 is 3.06. The molecule has 0 spiro atoms. The summed E-state index contributed by atoms with van der Waals surface area (Å²) in [7, 11) is 0. The van der Waals surface area contributed by atoms with Gasteiger partial charge in [0.25, 0.3) is 5.91 Å². The van der Waals surface area contributed by atoms with Crippen molar-refractivity contribution in [1.29, 1.82) is 0 Å². The maximum atomic E-state index is 12.3. The highest BCUT2D eigenvalue weighted by atomic mass is 32.1. The summed E-state index contributed by atoms with van der Waals surface area (Å²) in [6.07, 6.45) is 0.0135. The number of thiazole rings is 1. The SMILES string of the molecule is O=C(Cc1csc(-c2cccs2)n1)OCC(=O)c1ccc(NC(=O)c2ccccc2)cc1. The van der Waals surface area contributed by atoms with Gasteiger partial charge in [0.2, 0.25) is 0 Å². The van der Waals surface area contributed by atoms with Crippen molar-refractivity contribution in [3.8, 4) is 9.88 Å². The molecule has 0 bridgehead atoms. The van der Waals surface area contributed by atoms with Crippen molar-refractivity contribution in [2.45, 2.75) is 6.42 Å². The number of benzene rings is 2. The van der Waals surface area contributed by atoms with Crippen molar-refractivity contribution in [3.05, 3.63) is 94.3 Å². The predicted octanol–water partition coefficient (Wildman–Crippen LogP) is 5.09. The Morgan fingerprint density at radius 2 is 1.66 bits per heavy atom. The Morgan fingerprint density at radius 3 is 2.38 bits per heavy atom. The molecule has 0 aliphatic rings. The molecule has 2 aromatic heterocycles. The molecule has 32 heavy (non-hydrogen) atoms. The van der Waals surface area contributed by atoms with Gasteiger partial charge in [-0.1, -0.05) is 24.3 Å². The molecule has 0 fully saturated rings. The minimum absolute atomic E-state index is 0.0135. The topological polar surface area (TPSA) is 85.4 Å². The van der Waals surface area contributed by atoms with E-state index in [0.29, 0.717) is 22.5 Å². The Labute approximate surface area is 192 Å². The van der Waals surface area contributed by atoms with E-state index in [0.717, 1.165) is 9.88 Å². The summed E-state index contributed by atoms with van der Waals surface area (Å²) in [5.74, 6) is -1.06. The van der Waals surface area contributed by atoms with Crippen LogP contribution >= 0.6 is 22.7 Å². The Hall–Kier alpha value is -3.62. The maximum Gasteiger partial charge on any atom is 0.312 e. The van der Waals surface area contributed by atoms with Crippen LogP contribution in [0.2, 0.25) is 0 Å². The van der Waals surface area contributed by atoms with Crippen molar-refractivity contribution in [2.75, 3.05) is 11.9 Å². The van der Waals surface area contributed by atoms with Gasteiger partial charge in [-0.2, -0.15) is 0 Å². The van der Waals surface area contributed by atoms with E-state index in [1.54, 1.807) is 59.9 Å². The maximum absolute atomic E-state index is 12.3. The molecule has 160 valence electrons. The summed E-state index contributed by atoms with van der Waals surface area (Å²) < 4.78 is 5.12. The molecule has 2 aromatic carbocycles. The number of nitrogens with zero attached hydrogens (tertiary/aromatic N) is 1. The number of esters is 1. The third kappa shape index (κ3) is 5.54. The van der Waals surface area contributed by atoms with Crippen LogP contribution in [0.25, 0.3) is 9.88 Å². The van der Waals surface area contributed by atoms with Crippen molar-refractivity contribution in [1.82, 2.24) is 4.98 Å². The number of ether oxygens (including phenoxy) is 1. The molecule has 8 heteroatoms. The van der Waals surface area contributed by atoms with Crippen molar-refractivity contribution < 1.29 is 19.1 Å². The monoisotopic (exact) mass is 462 g/mol. The van der Waals surface area contributed by atoms with Crippen LogP contribution in [-0.2, 0) is 16.0 Å². The highest BCUT2D eigenvalue weighted by Crippen LogP contribution is 2.27. The highest BCUT2D eigenvalue weighted by molar-refractivity contribution is 7.20. The predicted molar refractivity (Wildman–Crippen MR) is 125 cm³/mol. The Morgan fingerprint density at radius 1 is 0.875 bits per heavy atom. The zero-order valence-corrected chi connectivity index (χ0v) is 18.4. The number of anilines is 1. The molecule has 4 aromatic rings. The van der Waals surface area contributed by atoms with Gasteiger partial charge in [0, 0.05) is 22.2 Å². The fourth-order valence-corrected chi connectivity index (χ4v) is 4.50. The van der Waals surface area contributed by atoms with Crippen molar-refractivity contribution in [2.24, 2.45) is 0 Å². The molecule has 1 amide bonds.